The number of benzene rings is 1. The average molecular weight is 282 g/mol. The van der Waals surface area contributed by atoms with Crippen molar-refractivity contribution in [2.24, 2.45) is 0 Å². The zero-order valence-electron chi connectivity index (χ0n) is 9.82. The lowest BCUT2D eigenvalue weighted by molar-refractivity contribution is 0.126. The first-order chi connectivity index (χ1) is 8.16. The number of hydrogen-bond donors (Lipinski definition) is 1. The fourth-order valence-electron chi connectivity index (χ4n) is 1.41. The zero-order valence-corrected chi connectivity index (χ0v) is 10.6. The molecule has 0 aliphatic heterocycles. The van der Waals surface area contributed by atoms with E-state index in [1.807, 2.05) is 0 Å². The lowest BCUT2D eigenvalue weighted by atomic mass is 10.2. The van der Waals surface area contributed by atoms with Gasteiger partial charge in [-0.15, -0.1) is 0 Å². The fraction of sp³-hybridized carbons (Fsp3) is 0.400. The number of halogens is 3. The van der Waals surface area contributed by atoms with Crippen LogP contribution >= 0.6 is 0 Å². The van der Waals surface area contributed by atoms with Gasteiger partial charge < -0.3 is 5.73 Å². The molecule has 0 unspecified atom stereocenters. The van der Waals surface area contributed by atoms with Gasteiger partial charge >= 0.3 is 0 Å². The number of anilines is 1. The van der Waals surface area contributed by atoms with Gasteiger partial charge in [-0.1, -0.05) is 0 Å². The minimum atomic E-state index is -4.10. The molecule has 4 nitrogen and oxygen atoms in total. The molecule has 0 spiro atoms. The normalized spacial score (nSPS) is 12.4. The number of sulfonamides is 1. The summed E-state index contributed by atoms with van der Waals surface area (Å²) >= 11 is 0. The Bertz CT molecular complexity index is 546. The predicted octanol–water partition coefficient (Wildman–Crippen LogP) is 1.60. The van der Waals surface area contributed by atoms with Crippen molar-refractivity contribution in [1.29, 1.82) is 0 Å². The Kier molecular flexibility index (Phi) is 4.23. The summed E-state index contributed by atoms with van der Waals surface area (Å²) in [5.74, 6) is -0.747. The van der Waals surface area contributed by atoms with Crippen molar-refractivity contribution in [2.45, 2.75) is 18.2 Å². The SMILES string of the molecule is Cc1cc(F)c(N)cc1S(=O)(=O)N(C)CC(F)F. The van der Waals surface area contributed by atoms with Crippen LogP contribution in [0.1, 0.15) is 5.56 Å². The average Bonchev–Trinajstić information content (AvgIpc) is 2.22. The maximum Gasteiger partial charge on any atom is 0.252 e. The second-order valence-corrected chi connectivity index (χ2v) is 5.83. The lowest BCUT2D eigenvalue weighted by Crippen LogP contribution is -2.32. The third kappa shape index (κ3) is 2.94. The molecule has 8 heteroatoms. The van der Waals surface area contributed by atoms with Crippen molar-refractivity contribution in [1.82, 2.24) is 4.31 Å². The summed E-state index contributed by atoms with van der Waals surface area (Å²) in [6.07, 6.45) is -2.79. The topological polar surface area (TPSA) is 63.4 Å². The molecule has 102 valence electrons. The highest BCUT2D eigenvalue weighted by Crippen LogP contribution is 2.24. The minimum absolute atomic E-state index is 0.114. The van der Waals surface area contributed by atoms with E-state index in [1.165, 1.54) is 6.92 Å². The van der Waals surface area contributed by atoms with Crippen LogP contribution < -0.4 is 5.73 Å². The highest BCUT2D eigenvalue weighted by Gasteiger charge is 2.26. The molecule has 0 heterocycles. The molecule has 0 saturated heterocycles. The quantitative estimate of drug-likeness (QED) is 0.853. The van der Waals surface area contributed by atoms with Gasteiger partial charge in [0.1, 0.15) is 5.82 Å². The van der Waals surface area contributed by atoms with Crippen LogP contribution in [-0.2, 0) is 10.0 Å². The van der Waals surface area contributed by atoms with E-state index in [0.29, 0.717) is 4.31 Å². The molecular weight excluding hydrogens is 269 g/mol. The molecule has 1 rings (SSSR count). The Hall–Kier alpha value is -1.28. The first-order valence-corrected chi connectivity index (χ1v) is 6.40. The number of hydrogen-bond acceptors (Lipinski definition) is 3. The Morgan fingerprint density at radius 3 is 2.44 bits per heavy atom. The molecule has 0 fully saturated rings. The summed E-state index contributed by atoms with van der Waals surface area (Å²) in [6.45, 7) is 0.435. The molecule has 0 aliphatic rings. The van der Waals surface area contributed by atoms with E-state index in [-0.39, 0.29) is 16.1 Å². The number of aryl methyl sites for hydroxylation is 1. The van der Waals surface area contributed by atoms with Crippen LogP contribution in [0.5, 0.6) is 0 Å². The van der Waals surface area contributed by atoms with E-state index in [2.05, 4.69) is 0 Å². The number of rotatable bonds is 4. The maximum atomic E-state index is 13.1. The van der Waals surface area contributed by atoms with Crippen LogP contribution in [0.2, 0.25) is 0 Å². The zero-order chi connectivity index (χ0) is 14.1. The molecule has 0 aliphatic carbocycles. The van der Waals surface area contributed by atoms with Gasteiger partial charge in [-0.2, -0.15) is 4.31 Å². The van der Waals surface area contributed by atoms with Crippen LogP contribution in [-0.4, -0.2) is 32.7 Å². The molecule has 0 amide bonds. The van der Waals surface area contributed by atoms with Crippen LogP contribution in [0.3, 0.4) is 0 Å². The molecule has 0 bridgehead atoms. The number of nitrogens with zero attached hydrogens (tertiary/aromatic N) is 1. The van der Waals surface area contributed by atoms with Gasteiger partial charge in [0, 0.05) is 7.05 Å². The molecule has 0 saturated carbocycles. The van der Waals surface area contributed by atoms with Crippen molar-refractivity contribution < 1.29 is 21.6 Å². The highest BCUT2D eigenvalue weighted by atomic mass is 32.2. The maximum absolute atomic E-state index is 13.1. The number of nitrogens with two attached hydrogens (primary N) is 1. The van der Waals surface area contributed by atoms with Crippen LogP contribution in [0, 0.1) is 12.7 Å². The largest absolute Gasteiger partial charge is 0.396 e. The van der Waals surface area contributed by atoms with Gasteiger partial charge in [-0.05, 0) is 24.6 Å². The minimum Gasteiger partial charge on any atom is -0.396 e. The molecule has 0 atom stereocenters. The van der Waals surface area contributed by atoms with Crippen molar-refractivity contribution >= 4 is 15.7 Å². The molecule has 0 radical (unpaired) electrons. The number of nitrogen functional groups attached to an aromatic ring is 1. The van der Waals surface area contributed by atoms with Gasteiger partial charge in [0.05, 0.1) is 17.1 Å². The van der Waals surface area contributed by atoms with Gasteiger partial charge in [0.25, 0.3) is 6.43 Å². The van der Waals surface area contributed by atoms with Gasteiger partial charge in [-0.25, -0.2) is 21.6 Å². The van der Waals surface area contributed by atoms with Gasteiger partial charge in [0.15, 0.2) is 0 Å². The van der Waals surface area contributed by atoms with Crippen LogP contribution in [0.25, 0.3) is 0 Å². The summed E-state index contributed by atoms with van der Waals surface area (Å²) in [5.41, 5.74) is 5.05. The van der Waals surface area contributed by atoms with Crippen molar-refractivity contribution in [3.63, 3.8) is 0 Å². The third-order valence-electron chi connectivity index (χ3n) is 2.38. The van der Waals surface area contributed by atoms with E-state index in [9.17, 15) is 21.6 Å². The van der Waals surface area contributed by atoms with E-state index in [0.717, 1.165) is 19.2 Å². The second-order valence-electron chi connectivity index (χ2n) is 3.82. The fourth-order valence-corrected chi connectivity index (χ4v) is 2.79. The predicted molar refractivity (Wildman–Crippen MR) is 61.4 cm³/mol. The Morgan fingerprint density at radius 1 is 1.39 bits per heavy atom. The van der Waals surface area contributed by atoms with Crippen molar-refractivity contribution in [3.05, 3.63) is 23.5 Å². The van der Waals surface area contributed by atoms with Crippen molar-refractivity contribution in [3.8, 4) is 0 Å². The van der Waals surface area contributed by atoms with Gasteiger partial charge in [0.2, 0.25) is 10.0 Å². The van der Waals surface area contributed by atoms with Crippen LogP contribution in [0.15, 0.2) is 17.0 Å². The van der Waals surface area contributed by atoms with Crippen molar-refractivity contribution in [2.75, 3.05) is 19.3 Å². The summed E-state index contributed by atoms with van der Waals surface area (Å²) in [5, 5.41) is 0. The first kappa shape index (κ1) is 14.8. The molecule has 0 aromatic heterocycles. The van der Waals surface area contributed by atoms with E-state index in [1.54, 1.807) is 0 Å². The monoisotopic (exact) mass is 282 g/mol. The Balaban J connectivity index is 3.24. The molecule has 1 aromatic carbocycles. The van der Waals surface area contributed by atoms with E-state index >= 15 is 0 Å². The standard InChI is InChI=1S/C10H13F3N2O2S/c1-6-3-7(11)8(14)4-9(6)18(16,17)15(2)5-10(12)13/h3-4,10H,5,14H2,1-2H3. The first-order valence-electron chi connectivity index (χ1n) is 4.96. The summed E-state index contributed by atoms with van der Waals surface area (Å²) < 4.78 is 61.9. The molecule has 18 heavy (non-hydrogen) atoms. The van der Waals surface area contributed by atoms with E-state index < -0.39 is 28.8 Å². The Morgan fingerprint density at radius 2 is 1.94 bits per heavy atom. The summed E-state index contributed by atoms with van der Waals surface area (Å²) in [7, 11) is -3.07. The molecular formula is C10H13F3N2O2S. The van der Waals surface area contributed by atoms with E-state index in [4.69, 9.17) is 5.73 Å². The van der Waals surface area contributed by atoms with Crippen LogP contribution in [0.4, 0.5) is 18.9 Å². The highest BCUT2D eigenvalue weighted by molar-refractivity contribution is 7.89. The smallest absolute Gasteiger partial charge is 0.252 e. The molecule has 1 aromatic rings. The summed E-state index contributed by atoms with van der Waals surface area (Å²) in [6, 6.07) is 1.89. The third-order valence-corrected chi connectivity index (χ3v) is 4.34. The number of alkyl halides is 2. The summed E-state index contributed by atoms with van der Waals surface area (Å²) in [4.78, 5) is -0.274. The second kappa shape index (κ2) is 5.15. The Labute approximate surface area is 103 Å². The molecule has 2 N–H and O–H groups in total. The van der Waals surface area contributed by atoms with Gasteiger partial charge in [-0.3, -0.25) is 0 Å². The lowest BCUT2D eigenvalue weighted by Gasteiger charge is -2.18.